The number of hydrogen-bond donors (Lipinski definition) is 1. The van der Waals surface area contributed by atoms with Crippen LogP contribution in [-0.4, -0.2) is 13.1 Å². The highest BCUT2D eigenvalue weighted by molar-refractivity contribution is 4.76. The molecule has 0 aromatic rings. The average molecular weight is 167 g/mol. The Hall–Kier alpha value is -0.0400. The van der Waals surface area contributed by atoms with Gasteiger partial charge in [-0.25, -0.2) is 0 Å². The molecule has 2 rings (SSSR count). The van der Waals surface area contributed by atoms with E-state index >= 15 is 0 Å². The van der Waals surface area contributed by atoms with Crippen LogP contribution in [0.4, 0.5) is 0 Å². The van der Waals surface area contributed by atoms with Crippen molar-refractivity contribution in [3.63, 3.8) is 0 Å². The summed E-state index contributed by atoms with van der Waals surface area (Å²) >= 11 is 0. The van der Waals surface area contributed by atoms with Gasteiger partial charge in [-0.3, -0.25) is 0 Å². The van der Waals surface area contributed by atoms with Crippen molar-refractivity contribution in [2.75, 3.05) is 13.1 Å². The second-order valence-electron chi connectivity index (χ2n) is 4.60. The molecule has 2 fully saturated rings. The quantitative estimate of drug-likeness (QED) is 0.666. The molecule has 1 nitrogen and oxygen atoms in total. The van der Waals surface area contributed by atoms with Gasteiger partial charge in [0.2, 0.25) is 0 Å². The van der Waals surface area contributed by atoms with Crippen LogP contribution in [0, 0.1) is 11.8 Å². The minimum atomic E-state index is 1.02. The average Bonchev–Trinajstić information content (AvgIpc) is 2.59. The summed E-state index contributed by atoms with van der Waals surface area (Å²) in [4.78, 5) is 0. The van der Waals surface area contributed by atoms with Crippen molar-refractivity contribution in [2.24, 2.45) is 11.8 Å². The summed E-state index contributed by atoms with van der Waals surface area (Å²) in [5.41, 5.74) is 0. The molecule has 1 aliphatic carbocycles. The SMILES string of the molecule is C1CCC(C[C@H]2CCNC2)CC1. The Bertz CT molecular complexity index is 121. The van der Waals surface area contributed by atoms with Gasteiger partial charge >= 0.3 is 0 Å². The molecule has 0 unspecified atom stereocenters. The molecule has 1 N–H and O–H groups in total. The first kappa shape index (κ1) is 8.55. The van der Waals surface area contributed by atoms with E-state index < -0.39 is 0 Å². The highest BCUT2D eigenvalue weighted by Crippen LogP contribution is 2.30. The lowest BCUT2D eigenvalue weighted by atomic mass is 9.82. The molecule has 0 aromatic heterocycles. The second kappa shape index (κ2) is 4.27. The van der Waals surface area contributed by atoms with E-state index in [2.05, 4.69) is 5.32 Å². The van der Waals surface area contributed by atoms with Crippen molar-refractivity contribution in [1.82, 2.24) is 5.32 Å². The standard InChI is InChI=1S/C11H21N/c1-2-4-10(5-3-1)8-11-6-7-12-9-11/h10-12H,1-9H2/t11-/m1/s1. The molecule has 0 spiro atoms. The molecule has 0 amide bonds. The smallest absolute Gasteiger partial charge is 0.00199 e. The molecule has 12 heavy (non-hydrogen) atoms. The third-order valence-electron chi connectivity index (χ3n) is 3.55. The fourth-order valence-electron chi connectivity index (χ4n) is 2.81. The first-order valence-electron chi connectivity index (χ1n) is 5.66. The van der Waals surface area contributed by atoms with Crippen molar-refractivity contribution in [1.29, 1.82) is 0 Å². The predicted octanol–water partition coefficient (Wildman–Crippen LogP) is 2.57. The highest BCUT2D eigenvalue weighted by Gasteiger charge is 2.20. The molecule has 2 aliphatic rings. The summed E-state index contributed by atoms with van der Waals surface area (Å²) in [5.74, 6) is 2.11. The Morgan fingerprint density at radius 2 is 1.75 bits per heavy atom. The summed E-state index contributed by atoms with van der Waals surface area (Å²) in [6.45, 7) is 2.58. The van der Waals surface area contributed by atoms with E-state index in [-0.39, 0.29) is 0 Å². The zero-order valence-electron chi connectivity index (χ0n) is 8.02. The molecule has 0 radical (unpaired) electrons. The van der Waals surface area contributed by atoms with Crippen LogP contribution in [0.2, 0.25) is 0 Å². The maximum absolute atomic E-state index is 3.46. The lowest BCUT2D eigenvalue weighted by Gasteiger charge is -2.23. The van der Waals surface area contributed by atoms with Crippen LogP contribution in [0.1, 0.15) is 44.9 Å². The normalized spacial score (nSPS) is 32.5. The van der Waals surface area contributed by atoms with E-state index in [1.165, 1.54) is 58.0 Å². The molecule has 1 saturated heterocycles. The molecule has 0 bridgehead atoms. The first-order valence-corrected chi connectivity index (χ1v) is 5.66. The number of rotatable bonds is 2. The zero-order valence-corrected chi connectivity index (χ0v) is 8.02. The van der Waals surface area contributed by atoms with Gasteiger partial charge in [0.1, 0.15) is 0 Å². The fourth-order valence-corrected chi connectivity index (χ4v) is 2.81. The van der Waals surface area contributed by atoms with Crippen LogP contribution in [0.25, 0.3) is 0 Å². The number of hydrogen-bond acceptors (Lipinski definition) is 1. The molecule has 70 valence electrons. The van der Waals surface area contributed by atoms with E-state index in [9.17, 15) is 0 Å². The van der Waals surface area contributed by atoms with E-state index in [4.69, 9.17) is 0 Å². The van der Waals surface area contributed by atoms with E-state index in [0.717, 1.165) is 11.8 Å². The van der Waals surface area contributed by atoms with Gasteiger partial charge in [0.05, 0.1) is 0 Å². The second-order valence-corrected chi connectivity index (χ2v) is 4.60. The summed E-state index contributed by atoms with van der Waals surface area (Å²) in [5, 5.41) is 3.46. The minimum absolute atomic E-state index is 1.02. The molecule has 1 atom stereocenters. The number of nitrogens with one attached hydrogen (secondary N) is 1. The van der Waals surface area contributed by atoms with Gasteiger partial charge in [0.25, 0.3) is 0 Å². The molecule has 1 heterocycles. The van der Waals surface area contributed by atoms with Crippen molar-refractivity contribution < 1.29 is 0 Å². The monoisotopic (exact) mass is 167 g/mol. The largest absolute Gasteiger partial charge is 0.316 e. The van der Waals surface area contributed by atoms with Crippen LogP contribution in [0.3, 0.4) is 0 Å². The lowest BCUT2D eigenvalue weighted by Crippen LogP contribution is -2.14. The third-order valence-corrected chi connectivity index (χ3v) is 3.55. The van der Waals surface area contributed by atoms with Gasteiger partial charge in [-0.2, -0.15) is 0 Å². The van der Waals surface area contributed by atoms with E-state index in [1.54, 1.807) is 0 Å². The third kappa shape index (κ3) is 2.22. The van der Waals surface area contributed by atoms with Gasteiger partial charge in [-0.05, 0) is 37.8 Å². The minimum Gasteiger partial charge on any atom is -0.316 e. The summed E-state index contributed by atoms with van der Waals surface area (Å²) < 4.78 is 0. The molecular weight excluding hydrogens is 146 g/mol. The van der Waals surface area contributed by atoms with Crippen molar-refractivity contribution in [3.8, 4) is 0 Å². The highest BCUT2D eigenvalue weighted by atomic mass is 14.9. The van der Waals surface area contributed by atoms with Crippen LogP contribution >= 0.6 is 0 Å². The van der Waals surface area contributed by atoms with Gasteiger partial charge in [-0.1, -0.05) is 32.1 Å². The van der Waals surface area contributed by atoms with Gasteiger partial charge in [0.15, 0.2) is 0 Å². The van der Waals surface area contributed by atoms with E-state index in [1.807, 2.05) is 0 Å². The summed E-state index contributed by atoms with van der Waals surface area (Å²) in [6, 6.07) is 0. The first-order chi connectivity index (χ1) is 5.95. The Morgan fingerprint density at radius 3 is 2.42 bits per heavy atom. The maximum atomic E-state index is 3.46. The summed E-state index contributed by atoms with van der Waals surface area (Å²) in [7, 11) is 0. The van der Waals surface area contributed by atoms with Crippen LogP contribution in [0.15, 0.2) is 0 Å². The molecular formula is C11H21N. The van der Waals surface area contributed by atoms with Crippen molar-refractivity contribution in [2.45, 2.75) is 44.9 Å². The van der Waals surface area contributed by atoms with Crippen LogP contribution in [-0.2, 0) is 0 Å². The van der Waals surface area contributed by atoms with Gasteiger partial charge < -0.3 is 5.32 Å². The Balaban J connectivity index is 1.69. The Morgan fingerprint density at radius 1 is 0.917 bits per heavy atom. The van der Waals surface area contributed by atoms with Crippen LogP contribution in [0.5, 0.6) is 0 Å². The molecule has 0 aromatic carbocycles. The Kier molecular flexibility index (Phi) is 3.04. The predicted molar refractivity (Wildman–Crippen MR) is 52.2 cm³/mol. The molecule has 1 heteroatoms. The lowest BCUT2D eigenvalue weighted by molar-refractivity contribution is 0.296. The molecule has 1 saturated carbocycles. The van der Waals surface area contributed by atoms with Gasteiger partial charge in [-0.15, -0.1) is 0 Å². The van der Waals surface area contributed by atoms with Crippen molar-refractivity contribution >= 4 is 0 Å². The maximum Gasteiger partial charge on any atom is -0.00199 e. The Labute approximate surface area is 75.9 Å². The van der Waals surface area contributed by atoms with E-state index in [0.29, 0.717) is 0 Å². The summed E-state index contributed by atoms with van der Waals surface area (Å²) in [6.07, 6.45) is 10.5. The molecule has 1 aliphatic heterocycles. The van der Waals surface area contributed by atoms with Gasteiger partial charge in [0, 0.05) is 0 Å². The zero-order chi connectivity index (χ0) is 8.23. The fraction of sp³-hybridized carbons (Fsp3) is 1.00. The van der Waals surface area contributed by atoms with Crippen LogP contribution < -0.4 is 5.32 Å². The van der Waals surface area contributed by atoms with Crippen molar-refractivity contribution in [3.05, 3.63) is 0 Å². The topological polar surface area (TPSA) is 12.0 Å².